The van der Waals surface area contributed by atoms with Gasteiger partial charge in [-0.15, -0.1) is 0 Å². The molecular weight excluding hydrogens is 128 g/mol. The Morgan fingerprint density at radius 2 is 2.10 bits per heavy atom. The molecule has 0 radical (unpaired) electrons. The zero-order chi connectivity index (χ0) is 7.40. The van der Waals surface area contributed by atoms with Crippen LogP contribution >= 0.6 is 0 Å². The van der Waals surface area contributed by atoms with E-state index < -0.39 is 0 Å². The number of ketones is 1. The largest absolute Gasteiger partial charge is 0.294 e. The monoisotopic (exact) mass is 136 g/mol. The van der Waals surface area contributed by atoms with Crippen molar-refractivity contribution in [3.8, 4) is 0 Å². The molecule has 3 nitrogen and oxygen atoms in total. The van der Waals surface area contributed by atoms with E-state index in [0.717, 1.165) is 0 Å². The standard InChI is InChI=1S/C7H8N2O/c1-2-7(10)6-3-8-5-9-4-6/h3-5H,2H2,1H3. The van der Waals surface area contributed by atoms with Crippen LogP contribution in [0.4, 0.5) is 0 Å². The Kier molecular flexibility index (Phi) is 2.10. The van der Waals surface area contributed by atoms with Gasteiger partial charge in [0.2, 0.25) is 0 Å². The first-order valence-electron chi connectivity index (χ1n) is 3.12. The van der Waals surface area contributed by atoms with E-state index >= 15 is 0 Å². The van der Waals surface area contributed by atoms with Crippen LogP contribution in [0, 0.1) is 0 Å². The van der Waals surface area contributed by atoms with Crippen molar-refractivity contribution < 1.29 is 4.79 Å². The average Bonchev–Trinajstić information content (AvgIpc) is 2.05. The van der Waals surface area contributed by atoms with Crippen LogP contribution < -0.4 is 0 Å². The van der Waals surface area contributed by atoms with Gasteiger partial charge in [0.05, 0.1) is 5.56 Å². The first-order valence-corrected chi connectivity index (χ1v) is 3.12. The zero-order valence-corrected chi connectivity index (χ0v) is 5.74. The molecule has 0 aliphatic heterocycles. The van der Waals surface area contributed by atoms with Crippen LogP contribution in [0.2, 0.25) is 0 Å². The fraction of sp³-hybridized carbons (Fsp3) is 0.286. The van der Waals surface area contributed by atoms with Crippen molar-refractivity contribution in [2.45, 2.75) is 13.3 Å². The lowest BCUT2D eigenvalue weighted by Gasteiger charge is -1.92. The molecule has 0 atom stereocenters. The summed E-state index contributed by atoms with van der Waals surface area (Å²) in [7, 11) is 0. The van der Waals surface area contributed by atoms with Gasteiger partial charge in [-0.25, -0.2) is 9.97 Å². The minimum atomic E-state index is 0.0839. The van der Waals surface area contributed by atoms with Crippen molar-refractivity contribution in [3.63, 3.8) is 0 Å². The van der Waals surface area contributed by atoms with Crippen molar-refractivity contribution in [2.24, 2.45) is 0 Å². The van der Waals surface area contributed by atoms with Crippen LogP contribution in [-0.4, -0.2) is 15.8 Å². The van der Waals surface area contributed by atoms with E-state index in [-0.39, 0.29) is 5.78 Å². The van der Waals surface area contributed by atoms with Gasteiger partial charge in [-0.3, -0.25) is 4.79 Å². The third-order valence-electron chi connectivity index (χ3n) is 1.20. The molecule has 52 valence electrons. The summed E-state index contributed by atoms with van der Waals surface area (Å²) in [6.07, 6.45) is 4.97. The minimum absolute atomic E-state index is 0.0839. The molecule has 0 saturated carbocycles. The van der Waals surface area contributed by atoms with Gasteiger partial charge in [-0.05, 0) is 0 Å². The van der Waals surface area contributed by atoms with Gasteiger partial charge in [0.15, 0.2) is 5.78 Å². The van der Waals surface area contributed by atoms with Crippen molar-refractivity contribution in [1.82, 2.24) is 9.97 Å². The average molecular weight is 136 g/mol. The number of nitrogens with zero attached hydrogens (tertiary/aromatic N) is 2. The number of hydrogen-bond acceptors (Lipinski definition) is 3. The predicted molar refractivity (Wildman–Crippen MR) is 36.7 cm³/mol. The molecule has 1 aromatic rings. The fourth-order valence-electron chi connectivity index (χ4n) is 0.647. The summed E-state index contributed by atoms with van der Waals surface area (Å²) in [5.41, 5.74) is 0.588. The maximum Gasteiger partial charge on any atom is 0.165 e. The number of carbonyl (C=O) groups excluding carboxylic acids is 1. The highest BCUT2D eigenvalue weighted by molar-refractivity contribution is 5.95. The second-order valence-corrected chi connectivity index (χ2v) is 1.90. The Labute approximate surface area is 59.1 Å². The highest BCUT2D eigenvalue weighted by Gasteiger charge is 2.00. The molecule has 0 bridgehead atoms. The third-order valence-corrected chi connectivity index (χ3v) is 1.20. The van der Waals surface area contributed by atoms with Crippen LogP contribution in [0.3, 0.4) is 0 Å². The smallest absolute Gasteiger partial charge is 0.165 e. The summed E-state index contributed by atoms with van der Waals surface area (Å²) in [4.78, 5) is 18.4. The van der Waals surface area contributed by atoms with E-state index in [1.54, 1.807) is 0 Å². The molecule has 1 heterocycles. The van der Waals surface area contributed by atoms with E-state index in [1.165, 1.54) is 18.7 Å². The molecule has 10 heavy (non-hydrogen) atoms. The summed E-state index contributed by atoms with van der Waals surface area (Å²) < 4.78 is 0. The van der Waals surface area contributed by atoms with Crippen molar-refractivity contribution in [1.29, 1.82) is 0 Å². The maximum absolute atomic E-state index is 10.9. The number of carbonyl (C=O) groups is 1. The Balaban J connectivity index is 2.85. The van der Waals surface area contributed by atoms with Gasteiger partial charge in [0, 0.05) is 18.8 Å². The molecule has 0 aromatic carbocycles. The molecule has 0 aliphatic rings. The topological polar surface area (TPSA) is 42.9 Å². The number of rotatable bonds is 2. The summed E-state index contributed by atoms with van der Waals surface area (Å²) >= 11 is 0. The van der Waals surface area contributed by atoms with Crippen molar-refractivity contribution in [3.05, 3.63) is 24.3 Å². The maximum atomic E-state index is 10.9. The first kappa shape index (κ1) is 6.86. The molecule has 0 aliphatic carbocycles. The molecular formula is C7H8N2O. The van der Waals surface area contributed by atoms with Crippen LogP contribution in [0.25, 0.3) is 0 Å². The second kappa shape index (κ2) is 3.06. The van der Waals surface area contributed by atoms with E-state index in [4.69, 9.17) is 0 Å². The SMILES string of the molecule is CCC(=O)c1cncnc1. The molecule has 0 saturated heterocycles. The zero-order valence-electron chi connectivity index (χ0n) is 5.74. The van der Waals surface area contributed by atoms with Gasteiger partial charge < -0.3 is 0 Å². The fourth-order valence-corrected chi connectivity index (χ4v) is 0.647. The quantitative estimate of drug-likeness (QED) is 0.571. The van der Waals surface area contributed by atoms with Gasteiger partial charge in [-0.1, -0.05) is 6.92 Å². The molecule has 1 rings (SSSR count). The van der Waals surface area contributed by atoms with Gasteiger partial charge >= 0.3 is 0 Å². The predicted octanol–water partition coefficient (Wildman–Crippen LogP) is 1.07. The highest BCUT2D eigenvalue weighted by atomic mass is 16.1. The highest BCUT2D eigenvalue weighted by Crippen LogP contribution is 1.96. The van der Waals surface area contributed by atoms with Gasteiger partial charge in [0.25, 0.3) is 0 Å². The lowest BCUT2D eigenvalue weighted by atomic mass is 10.2. The van der Waals surface area contributed by atoms with Crippen molar-refractivity contribution in [2.75, 3.05) is 0 Å². The second-order valence-electron chi connectivity index (χ2n) is 1.90. The molecule has 0 amide bonds. The van der Waals surface area contributed by atoms with Crippen LogP contribution in [0.1, 0.15) is 23.7 Å². The number of aromatic nitrogens is 2. The summed E-state index contributed by atoms with van der Waals surface area (Å²) in [5, 5.41) is 0. The first-order chi connectivity index (χ1) is 4.84. The van der Waals surface area contributed by atoms with Gasteiger partial charge in [0.1, 0.15) is 6.33 Å². The molecule has 1 aromatic heterocycles. The summed E-state index contributed by atoms with van der Waals surface area (Å²) in [6.45, 7) is 1.81. The summed E-state index contributed by atoms with van der Waals surface area (Å²) in [6, 6.07) is 0. The third kappa shape index (κ3) is 1.37. The lowest BCUT2D eigenvalue weighted by molar-refractivity contribution is 0.0987. The number of Topliss-reactive ketones (excluding diaryl/α,β-unsaturated/α-hetero) is 1. The Morgan fingerprint density at radius 1 is 1.50 bits per heavy atom. The van der Waals surface area contributed by atoms with Crippen molar-refractivity contribution >= 4 is 5.78 Å². The summed E-state index contributed by atoms with van der Waals surface area (Å²) in [5.74, 6) is 0.0839. The lowest BCUT2D eigenvalue weighted by Crippen LogP contribution is -1.97. The van der Waals surface area contributed by atoms with E-state index in [9.17, 15) is 4.79 Å². The Morgan fingerprint density at radius 3 is 2.60 bits per heavy atom. The van der Waals surface area contributed by atoms with Crippen LogP contribution in [0.5, 0.6) is 0 Å². The van der Waals surface area contributed by atoms with Gasteiger partial charge in [-0.2, -0.15) is 0 Å². The van der Waals surface area contributed by atoms with E-state index in [1.807, 2.05) is 6.92 Å². The Hall–Kier alpha value is -1.25. The van der Waals surface area contributed by atoms with E-state index in [0.29, 0.717) is 12.0 Å². The van der Waals surface area contributed by atoms with E-state index in [2.05, 4.69) is 9.97 Å². The Bertz CT molecular complexity index is 220. The minimum Gasteiger partial charge on any atom is -0.294 e. The molecule has 0 unspecified atom stereocenters. The number of hydrogen-bond donors (Lipinski definition) is 0. The normalized spacial score (nSPS) is 9.30. The molecule has 0 N–H and O–H groups in total. The van der Waals surface area contributed by atoms with Crippen LogP contribution in [0.15, 0.2) is 18.7 Å². The molecule has 3 heteroatoms. The molecule has 0 fully saturated rings. The van der Waals surface area contributed by atoms with Crippen LogP contribution in [-0.2, 0) is 0 Å². The molecule has 0 spiro atoms.